The van der Waals surface area contributed by atoms with Crippen LogP contribution in [0.4, 0.5) is 27.6 Å². The summed E-state index contributed by atoms with van der Waals surface area (Å²) >= 11 is 0. The second kappa shape index (κ2) is 7.81. The van der Waals surface area contributed by atoms with Crippen molar-refractivity contribution in [1.29, 1.82) is 0 Å². The molecule has 134 valence electrons. The topological polar surface area (TPSA) is 23.6 Å². The minimum Gasteiger partial charge on any atom is -0.363 e. The number of piperazine rings is 1. The van der Waals surface area contributed by atoms with Crippen molar-refractivity contribution in [2.24, 2.45) is 0 Å². The summed E-state index contributed by atoms with van der Waals surface area (Å²) in [5.41, 5.74) is -0.926. The molecular weight excluding hydrogens is 331 g/mol. The van der Waals surface area contributed by atoms with E-state index in [4.69, 9.17) is 0 Å². The summed E-state index contributed by atoms with van der Waals surface area (Å²) in [6.07, 6.45) is 3.10. The Labute approximate surface area is 137 Å². The first-order chi connectivity index (χ1) is 11.4. The minimum absolute atomic E-state index is 0.0118. The molecule has 0 atom stereocenters. The molecule has 1 aromatic rings. The lowest BCUT2D eigenvalue weighted by Gasteiger charge is -2.36. The maximum atomic E-state index is 13.8. The van der Waals surface area contributed by atoms with Gasteiger partial charge in [-0.15, -0.1) is 0 Å². The molecule has 0 unspecified atom stereocenters. The molecule has 0 spiro atoms. The molecule has 1 saturated heterocycles. The van der Waals surface area contributed by atoms with E-state index in [0.717, 1.165) is 24.2 Å². The molecule has 1 aliphatic rings. The van der Waals surface area contributed by atoms with Crippen molar-refractivity contribution in [3.8, 4) is 0 Å². The number of halogens is 5. The van der Waals surface area contributed by atoms with Crippen LogP contribution in [-0.2, 0) is 4.79 Å². The highest BCUT2D eigenvalue weighted by molar-refractivity contribution is 5.76. The van der Waals surface area contributed by atoms with E-state index < -0.39 is 34.8 Å². The third kappa shape index (κ3) is 3.62. The van der Waals surface area contributed by atoms with Crippen molar-refractivity contribution in [1.82, 2.24) is 4.90 Å². The Balaban J connectivity index is 2.07. The Hall–Kier alpha value is -1.86. The molecule has 1 heterocycles. The van der Waals surface area contributed by atoms with Gasteiger partial charge in [0.15, 0.2) is 23.3 Å². The van der Waals surface area contributed by atoms with Gasteiger partial charge in [0.25, 0.3) is 0 Å². The molecule has 1 amide bonds. The van der Waals surface area contributed by atoms with Crippen LogP contribution in [0.25, 0.3) is 0 Å². The van der Waals surface area contributed by atoms with Gasteiger partial charge in [-0.05, 0) is 6.42 Å². The van der Waals surface area contributed by atoms with Crippen LogP contribution in [0.2, 0.25) is 0 Å². The maximum absolute atomic E-state index is 13.8. The highest BCUT2D eigenvalue weighted by Crippen LogP contribution is 2.30. The van der Waals surface area contributed by atoms with Crippen LogP contribution in [-0.4, -0.2) is 37.0 Å². The Bertz CT molecular complexity index is 586. The first-order valence-electron chi connectivity index (χ1n) is 7.92. The van der Waals surface area contributed by atoms with Crippen molar-refractivity contribution in [2.75, 3.05) is 31.1 Å². The van der Waals surface area contributed by atoms with Gasteiger partial charge in [-0.25, -0.2) is 22.0 Å². The fourth-order valence-corrected chi connectivity index (χ4v) is 2.73. The minimum atomic E-state index is -2.17. The lowest BCUT2D eigenvalue weighted by Crippen LogP contribution is -2.49. The quantitative estimate of drug-likeness (QED) is 0.351. The van der Waals surface area contributed by atoms with Crippen LogP contribution in [0.1, 0.15) is 32.6 Å². The van der Waals surface area contributed by atoms with Crippen LogP contribution < -0.4 is 4.90 Å². The molecule has 0 saturated carbocycles. The van der Waals surface area contributed by atoms with E-state index in [1.54, 1.807) is 4.90 Å². The van der Waals surface area contributed by atoms with Gasteiger partial charge in [-0.1, -0.05) is 19.8 Å². The number of hydrogen-bond acceptors (Lipinski definition) is 2. The van der Waals surface area contributed by atoms with Crippen molar-refractivity contribution in [3.05, 3.63) is 29.1 Å². The fraction of sp³-hybridized carbons (Fsp3) is 0.562. The van der Waals surface area contributed by atoms with Gasteiger partial charge in [0, 0.05) is 32.6 Å². The molecule has 2 rings (SSSR count). The first-order valence-corrected chi connectivity index (χ1v) is 7.92. The first kappa shape index (κ1) is 18.5. The van der Waals surface area contributed by atoms with Crippen LogP contribution in [0, 0.1) is 29.1 Å². The van der Waals surface area contributed by atoms with Gasteiger partial charge in [0.2, 0.25) is 11.7 Å². The van der Waals surface area contributed by atoms with E-state index in [1.165, 1.54) is 0 Å². The molecule has 24 heavy (non-hydrogen) atoms. The standard InChI is InChI=1S/C16H19F5N2O/c1-2-3-4-5-10(24)22-6-8-23(9-7-22)16-14(20)12(18)11(17)13(19)15(16)21/h2-9H2,1H3. The van der Waals surface area contributed by atoms with E-state index >= 15 is 0 Å². The molecule has 3 nitrogen and oxygen atoms in total. The summed E-state index contributed by atoms with van der Waals surface area (Å²) in [7, 11) is 0. The van der Waals surface area contributed by atoms with Crippen molar-refractivity contribution < 1.29 is 26.7 Å². The molecular formula is C16H19F5N2O. The summed E-state index contributed by atoms with van der Waals surface area (Å²) in [6, 6.07) is 0. The largest absolute Gasteiger partial charge is 0.363 e. The molecule has 0 N–H and O–H groups in total. The van der Waals surface area contributed by atoms with Crippen LogP contribution >= 0.6 is 0 Å². The van der Waals surface area contributed by atoms with Crippen LogP contribution in [0.5, 0.6) is 0 Å². The fourth-order valence-electron chi connectivity index (χ4n) is 2.73. The normalized spacial score (nSPS) is 15.1. The molecule has 1 aromatic carbocycles. The van der Waals surface area contributed by atoms with Gasteiger partial charge < -0.3 is 9.80 Å². The lowest BCUT2D eigenvalue weighted by atomic mass is 10.1. The number of carbonyl (C=O) groups is 1. The Morgan fingerprint density at radius 3 is 1.83 bits per heavy atom. The number of hydrogen-bond donors (Lipinski definition) is 0. The number of amides is 1. The smallest absolute Gasteiger partial charge is 0.222 e. The SMILES string of the molecule is CCCCCC(=O)N1CCN(c2c(F)c(F)c(F)c(F)c2F)CC1. The number of carbonyl (C=O) groups excluding carboxylic acids is 1. The average Bonchev–Trinajstić information content (AvgIpc) is 2.59. The monoisotopic (exact) mass is 350 g/mol. The van der Waals surface area contributed by atoms with Crippen molar-refractivity contribution in [2.45, 2.75) is 32.6 Å². The maximum Gasteiger partial charge on any atom is 0.222 e. The summed E-state index contributed by atoms with van der Waals surface area (Å²) in [6.45, 7) is 2.41. The molecule has 0 aromatic heterocycles. The second-order valence-electron chi connectivity index (χ2n) is 5.74. The van der Waals surface area contributed by atoms with E-state index in [2.05, 4.69) is 0 Å². The van der Waals surface area contributed by atoms with Crippen LogP contribution in [0.15, 0.2) is 0 Å². The second-order valence-corrected chi connectivity index (χ2v) is 5.74. The van der Waals surface area contributed by atoms with Crippen LogP contribution in [0.3, 0.4) is 0 Å². The molecule has 8 heteroatoms. The third-order valence-corrected chi connectivity index (χ3v) is 4.13. The Kier molecular flexibility index (Phi) is 6.01. The summed E-state index contributed by atoms with van der Waals surface area (Å²) in [4.78, 5) is 14.6. The number of rotatable bonds is 5. The van der Waals surface area contributed by atoms with Gasteiger partial charge in [0.1, 0.15) is 5.69 Å². The predicted octanol–water partition coefficient (Wildman–Crippen LogP) is 3.61. The molecule has 0 radical (unpaired) electrons. The summed E-state index contributed by atoms with van der Waals surface area (Å²) in [5.74, 6) is -9.81. The van der Waals surface area contributed by atoms with E-state index in [-0.39, 0.29) is 32.1 Å². The third-order valence-electron chi connectivity index (χ3n) is 4.13. The van der Waals surface area contributed by atoms with Gasteiger partial charge in [-0.2, -0.15) is 0 Å². The molecule has 0 bridgehead atoms. The zero-order valence-corrected chi connectivity index (χ0v) is 13.3. The lowest BCUT2D eigenvalue weighted by molar-refractivity contribution is -0.131. The predicted molar refractivity (Wildman–Crippen MR) is 79.2 cm³/mol. The zero-order valence-electron chi connectivity index (χ0n) is 13.3. The average molecular weight is 350 g/mol. The summed E-state index contributed by atoms with van der Waals surface area (Å²) < 4.78 is 67.3. The van der Waals surface area contributed by atoms with Crippen molar-refractivity contribution in [3.63, 3.8) is 0 Å². The van der Waals surface area contributed by atoms with E-state index in [9.17, 15) is 26.7 Å². The number of nitrogens with zero attached hydrogens (tertiary/aromatic N) is 2. The zero-order chi connectivity index (χ0) is 17.9. The molecule has 1 aliphatic heterocycles. The van der Waals surface area contributed by atoms with E-state index in [0.29, 0.717) is 6.42 Å². The number of unbranched alkanes of at least 4 members (excludes halogenated alkanes) is 2. The van der Waals surface area contributed by atoms with Gasteiger partial charge >= 0.3 is 0 Å². The Morgan fingerprint density at radius 1 is 0.833 bits per heavy atom. The highest BCUT2D eigenvalue weighted by Gasteiger charge is 2.31. The van der Waals surface area contributed by atoms with E-state index in [1.807, 2.05) is 6.92 Å². The summed E-state index contributed by atoms with van der Waals surface area (Å²) in [5, 5.41) is 0. The van der Waals surface area contributed by atoms with Crippen molar-refractivity contribution >= 4 is 11.6 Å². The van der Waals surface area contributed by atoms with Gasteiger partial charge in [-0.3, -0.25) is 4.79 Å². The molecule has 1 fully saturated rings. The number of benzene rings is 1. The number of anilines is 1. The highest BCUT2D eigenvalue weighted by atomic mass is 19.2. The molecule has 0 aliphatic carbocycles. The Morgan fingerprint density at radius 2 is 1.33 bits per heavy atom. The van der Waals surface area contributed by atoms with Gasteiger partial charge in [0.05, 0.1) is 0 Å².